The topological polar surface area (TPSA) is 58.6 Å². The molecule has 0 spiro atoms. The fraction of sp³-hybridized carbons (Fsp3) is 0.500. The van der Waals surface area contributed by atoms with E-state index >= 15 is 0 Å². The zero-order valence-electron chi connectivity index (χ0n) is 12.9. The minimum absolute atomic E-state index is 0.00228. The molecule has 1 heterocycles. The molecule has 2 rings (SSSR count). The van der Waals surface area contributed by atoms with Gasteiger partial charge in [0.15, 0.2) is 0 Å². The molecule has 1 aliphatic heterocycles. The molecule has 1 aromatic carbocycles. The van der Waals surface area contributed by atoms with Gasteiger partial charge in [-0.15, -0.1) is 0 Å². The van der Waals surface area contributed by atoms with Crippen molar-refractivity contribution in [1.29, 1.82) is 0 Å². The third-order valence-corrected chi connectivity index (χ3v) is 4.26. The first-order chi connectivity index (χ1) is 10.5. The summed E-state index contributed by atoms with van der Waals surface area (Å²) >= 11 is 3.42. The molecule has 120 valence electrons. The number of ether oxygens (including phenoxy) is 1. The molecule has 1 fully saturated rings. The third-order valence-electron chi connectivity index (χ3n) is 3.77. The number of anilines is 1. The highest BCUT2D eigenvalue weighted by molar-refractivity contribution is 9.10. The lowest BCUT2D eigenvalue weighted by atomic mass is 10.1. The fourth-order valence-corrected chi connectivity index (χ4v) is 3.09. The Morgan fingerprint density at radius 3 is 2.95 bits per heavy atom. The number of rotatable bonds is 6. The van der Waals surface area contributed by atoms with E-state index in [4.69, 9.17) is 4.74 Å². The van der Waals surface area contributed by atoms with Gasteiger partial charge in [-0.1, -0.05) is 15.9 Å². The number of halogens is 1. The van der Waals surface area contributed by atoms with Crippen LogP contribution in [0.1, 0.15) is 18.4 Å². The maximum atomic E-state index is 12.2. The highest BCUT2D eigenvalue weighted by Crippen LogP contribution is 2.29. The Bertz CT molecular complexity index is 562. The Labute approximate surface area is 139 Å². The number of benzene rings is 1. The van der Waals surface area contributed by atoms with E-state index in [1.807, 2.05) is 25.1 Å². The van der Waals surface area contributed by atoms with Crippen LogP contribution in [0, 0.1) is 12.8 Å². The van der Waals surface area contributed by atoms with E-state index in [1.54, 1.807) is 12.0 Å². The van der Waals surface area contributed by atoms with Crippen LogP contribution in [0.15, 0.2) is 22.7 Å². The maximum Gasteiger partial charge on any atom is 0.227 e. The molecule has 0 bridgehead atoms. The molecule has 5 nitrogen and oxygen atoms in total. The summed E-state index contributed by atoms with van der Waals surface area (Å²) in [7, 11) is 1.63. The number of aryl methyl sites for hydroxylation is 1. The second kappa shape index (κ2) is 7.74. The van der Waals surface area contributed by atoms with Crippen LogP contribution in [0.2, 0.25) is 0 Å². The summed E-state index contributed by atoms with van der Waals surface area (Å²) in [6.07, 6.45) is 1.05. The molecular weight excluding hydrogens is 348 g/mol. The molecule has 0 aliphatic carbocycles. The molecule has 6 heteroatoms. The molecule has 1 atom stereocenters. The van der Waals surface area contributed by atoms with Gasteiger partial charge in [-0.25, -0.2) is 0 Å². The van der Waals surface area contributed by atoms with Gasteiger partial charge >= 0.3 is 0 Å². The van der Waals surface area contributed by atoms with Gasteiger partial charge < -0.3 is 15.0 Å². The molecule has 0 radical (unpaired) electrons. The summed E-state index contributed by atoms with van der Waals surface area (Å²) in [6.45, 7) is 3.60. The van der Waals surface area contributed by atoms with Crippen LogP contribution in [0.25, 0.3) is 0 Å². The summed E-state index contributed by atoms with van der Waals surface area (Å²) in [4.78, 5) is 26.1. The van der Waals surface area contributed by atoms with Crippen LogP contribution in [-0.4, -0.2) is 38.6 Å². The van der Waals surface area contributed by atoms with Crippen molar-refractivity contribution in [2.24, 2.45) is 5.92 Å². The zero-order chi connectivity index (χ0) is 16.1. The Hall–Kier alpha value is -1.40. The van der Waals surface area contributed by atoms with Crippen LogP contribution in [0.4, 0.5) is 5.69 Å². The second-order valence-electron chi connectivity index (χ2n) is 5.47. The zero-order valence-corrected chi connectivity index (χ0v) is 14.5. The standard InChI is InChI=1S/C16H21BrN2O3/c1-11-8-13(17)4-5-14(11)19-10-12(9-15(19)20)16(21)18-6-3-7-22-2/h4-5,8,12H,3,6-7,9-10H2,1-2H3,(H,18,21). The quantitative estimate of drug-likeness (QED) is 0.783. The van der Waals surface area contributed by atoms with Crippen molar-refractivity contribution in [3.8, 4) is 0 Å². The van der Waals surface area contributed by atoms with Crippen molar-refractivity contribution in [3.63, 3.8) is 0 Å². The van der Waals surface area contributed by atoms with Crippen molar-refractivity contribution in [1.82, 2.24) is 5.32 Å². The SMILES string of the molecule is COCCCNC(=O)C1CC(=O)N(c2ccc(Br)cc2C)C1. The number of hydrogen-bond donors (Lipinski definition) is 1. The van der Waals surface area contributed by atoms with Crippen LogP contribution < -0.4 is 10.2 Å². The molecule has 2 amide bonds. The Morgan fingerprint density at radius 1 is 1.50 bits per heavy atom. The van der Waals surface area contributed by atoms with Gasteiger partial charge in [0.05, 0.1) is 5.92 Å². The van der Waals surface area contributed by atoms with E-state index in [2.05, 4.69) is 21.2 Å². The Kier molecular flexibility index (Phi) is 5.97. The Balaban J connectivity index is 1.97. The summed E-state index contributed by atoms with van der Waals surface area (Å²) in [5.74, 6) is -0.331. The second-order valence-corrected chi connectivity index (χ2v) is 6.39. The lowest BCUT2D eigenvalue weighted by Gasteiger charge is -2.19. The minimum Gasteiger partial charge on any atom is -0.385 e. The highest BCUT2D eigenvalue weighted by atomic mass is 79.9. The molecule has 1 saturated heterocycles. The summed E-state index contributed by atoms with van der Waals surface area (Å²) in [6, 6.07) is 5.80. The number of carbonyl (C=O) groups is 2. The smallest absolute Gasteiger partial charge is 0.227 e. The average Bonchev–Trinajstić information content (AvgIpc) is 2.85. The molecule has 1 unspecified atom stereocenters. The van der Waals surface area contributed by atoms with Gasteiger partial charge in [0.1, 0.15) is 0 Å². The van der Waals surface area contributed by atoms with Crippen LogP contribution in [0.3, 0.4) is 0 Å². The first kappa shape index (κ1) is 17.0. The van der Waals surface area contributed by atoms with E-state index in [0.29, 0.717) is 19.7 Å². The van der Waals surface area contributed by atoms with E-state index in [1.165, 1.54) is 0 Å². The summed E-state index contributed by atoms with van der Waals surface area (Å²) < 4.78 is 5.93. The molecule has 1 N–H and O–H groups in total. The monoisotopic (exact) mass is 368 g/mol. The highest BCUT2D eigenvalue weighted by Gasteiger charge is 2.35. The molecule has 0 aromatic heterocycles. The lowest BCUT2D eigenvalue weighted by molar-refractivity contribution is -0.126. The normalized spacial score (nSPS) is 17.9. The van der Waals surface area contributed by atoms with Crippen LogP contribution in [-0.2, 0) is 14.3 Å². The largest absolute Gasteiger partial charge is 0.385 e. The molecule has 22 heavy (non-hydrogen) atoms. The molecular formula is C16H21BrN2O3. The van der Waals surface area contributed by atoms with Crippen molar-refractivity contribution < 1.29 is 14.3 Å². The number of amides is 2. The number of hydrogen-bond acceptors (Lipinski definition) is 3. The predicted molar refractivity (Wildman–Crippen MR) is 88.8 cm³/mol. The summed E-state index contributed by atoms with van der Waals surface area (Å²) in [5, 5.41) is 2.87. The third kappa shape index (κ3) is 4.08. The van der Waals surface area contributed by atoms with E-state index in [9.17, 15) is 9.59 Å². The number of nitrogens with zero attached hydrogens (tertiary/aromatic N) is 1. The number of nitrogens with one attached hydrogen (secondary N) is 1. The van der Waals surface area contributed by atoms with Crippen molar-refractivity contribution in [2.45, 2.75) is 19.8 Å². The van der Waals surface area contributed by atoms with E-state index in [0.717, 1.165) is 22.1 Å². The molecule has 0 saturated carbocycles. The average molecular weight is 369 g/mol. The van der Waals surface area contributed by atoms with Gasteiger partial charge in [-0.3, -0.25) is 9.59 Å². The van der Waals surface area contributed by atoms with Gasteiger partial charge in [0.2, 0.25) is 11.8 Å². The molecule has 1 aliphatic rings. The van der Waals surface area contributed by atoms with Crippen LogP contribution in [0.5, 0.6) is 0 Å². The van der Waals surface area contributed by atoms with Crippen LogP contribution >= 0.6 is 15.9 Å². The molecule has 1 aromatic rings. The first-order valence-corrected chi connectivity index (χ1v) is 8.15. The minimum atomic E-state index is -0.280. The van der Waals surface area contributed by atoms with E-state index < -0.39 is 0 Å². The van der Waals surface area contributed by atoms with Crippen molar-refractivity contribution >= 4 is 33.4 Å². The lowest BCUT2D eigenvalue weighted by Crippen LogP contribution is -2.34. The summed E-state index contributed by atoms with van der Waals surface area (Å²) in [5.41, 5.74) is 1.90. The fourth-order valence-electron chi connectivity index (χ4n) is 2.61. The number of carbonyl (C=O) groups excluding carboxylic acids is 2. The Morgan fingerprint density at radius 2 is 2.27 bits per heavy atom. The van der Waals surface area contributed by atoms with Gasteiger partial charge in [0.25, 0.3) is 0 Å². The van der Waals surface area contributed by atoms with E-state index in [-0.39, 0.29) is 24.2 Å². The van der Waals surface area contributed by atoms with Gasteiger partial charge in [-0.05, 0) is 37.1 Å². The van der Waals surface area contributed by atoms with Crippen molar-refractivity contribution in [2.75, 3.05) is 31.7 Å². The van der Waals surface area contributed by atoms with Gasteiger partial charge in [0, 0.05) is 43.4 Å². The number of methoxy groups -OCH3 is 1. The maximum absolute atomic E-state index is 12.2. The predicted octanol–water partition coefficient (Wildman–Crippen LogP) is 2.26. The van der Waals surface area contributed by atoms with Gasteiger partial charge in [-0.2, -0.15) is 0 Å². The van der Waals surface area contributed by atoms with Crippen molar-refractivity contribution in [3.05, 3.63) is 28.2 Å². The first-order valence-electron chi connectivity index (χ1n) is 7.36.